The summed E-state index contributed by atoms with van der Waals surface area (Å²) in [5.41, 5.74) is 0.996. The first-order valence-corrected chi connectivity index (χ1v) is 6.71. The Morgan fingerprint density at radius 1 is 1.32 bits per heavy atom. The van der Waals surface area contributed by atoms with Crippen LogP contribution in [-0.2, 0) is 0 Å². The van der Waals surface area contributed by atoms with Gasteiger partial charge in [-0.15, -0.1) is 0 Å². The van der Waals surface area contributed by atoms with Crippen LogP contribution >= 0.6 is 0 Å². The zero-order chi connectivity index (χ0) is 13.1. The molecule has 0 bridgehead atoms. The first kappa shape index (κ1) is 12.1. The maximum absolute atomic E-state index is 4.21. The summed E-state index contributed by atoms with van der Waals surface area (Å²) in [6, 6.07) is 10.5. The molecule has 1 aromatic carbocycles. The zero-order valence-corrected chi connectivity index (χ0v) is 11.0. The summed E-state index contributed by atoms with van der Waals surface area (Å²) in [6.07, 6.45) is 1.08. The quantitative estimate of drug-likeness (QED) is 0.861. The van der Waals surface area contributed by atoms with Crippen LogP contribution in [0.2, 0.25) is 0 Å². The minimum absolute atomic E-state index is 0.494. The number of nitrogens with one attached hydrogen (secondary N) is 1. The van der Waals surface area contributed by atoms with Gasteiger partial charge in [-0.25, -0.2) is 0 Å². The van der Waals surface area contributed by atoms with Crippen molar-refractivity contribution in [2.75, 3.05) is 24.5 Å². The van der Waals surface area contributed by atoms with Crippen LogP contribution < -0.4 is 10.2 Å². The lowest BCUT2D eigenvalue weighted by Crippen LogP contribution is -2.58. The molecule has 6 nitrogen and oxygen atoms in total. The topological polar surface area (TPSA) is 58.9 Å². The number of rotatable bonds is 5. The Labute approximate surface area is 112 Å². The number of hydrogen-bond acceptors (Lipinski definition) is 5. The standard InChI is InChI=1S/C13H18N6/c1-2-8-18(12-9-14-10-12)13-15-16-17-19(13)11-6-4-3-5-7-11/h3-7,12,14H,2,8-10H2,1H3. The molecule has 3 rings (SSSR count). The van der Waals surface area contributed by atoms with Crippen LogP contribution in [0.3, 0.4) is 0 Å². The summed E-state index contributed by atoms with van der Waals surface area (Å²) < 4.78 is 1.81. The first-order valence-electron chi connectivity index (χ1n) is 6.71. The Morgan fingerprint density at radius 2 is 2.11 bits per heavy atom. The van der Waals surface area contributed by atoms with Gasteiger partial charge in [0, 0.05) is 19.6 Å². The van der Waals surface area contributed by atoms with Gasteiger partial charge >= 0.3 is 0 Å². The molecule has 2 heterocycles. The van der Waals surface area contributed by atoms with Crippen LogP contribution in [-0.4, -0.2) is 45.9 Å². The Hall–Kier alpha value is -1.95. The number of anilines is 1. The number of para-hydroxylation sites is 1. The lowest BCUT2D eigenvalue weighted by Gasteiger charge is -2.38. The Kier molecular flexibility index (Phi) is 3.41. The van der Waals surface area contributed by atoms with E-state index in [0.717, 1.165) is 37.7 Å². The maximum atomic E-state index is 4.21. The van der Waals surface area contributed by atoms with Gasteiger partial charge in [-0.1, -0.05) is 30.2 Å². The minimum Gasteiger partial charge on any atom is -0.334 e. The van der Waals surface area contributed by atoms with Crippen molar-refractivity contribution in [1.82, 2.24) is 25.5 Å². The van der Waals surface area contributed by atoms with Gasteiger partial charge in [0.2, 0.25) is 0 Å². The molecule has 1 aliphatic heterocycles. The molecule has 2 aromatic rings. The van der Waals surface area contributed by atoms with Crippen molar-refractivity contribution in [2.45, 2.75) is 19.4 Å². The van der Waals surface area contributed by atoms with Crippen LogP contribution in [0.25, 0.3) is 5.69 Å². The number of nitrogens with zero attached hydrogens (tertiary/aromatic N) is 5. The van der Waals surface area contributed by atoms with Crippen LogP contribution in [0.15, 0.2) is 30.3 Å². The van der Waals surface area contributed by atoms with Gasteiger partial charge in [-0.2, -0.15) is 4.68 Å². The fourth-order valence-electron chi connectivity index (χ4n) is 2.28. The highest BCUT2D eigenvalue weighted by Crippen LogP contribution is 2.19. The molecule has 1 aromatic heterocycles. The molecule has 0 spiro atoms. The van der Waals surface area contributed by atoms with Crippen LogP contribution in [0.1, 0.15) is 13.3 Å². The number of benzene rings is 1. The number of hydrogen-bond donors (Lipinski definition) is 1. The van der Waals surface area contributed by atoms with Gasteiger partial charge in [-0.3, -0.25) is 0 Å². The number of tetrazole rings is 1. The molecule has 1 fully saturated rings. The van der Waals surface area contributed by atoms with E-state index >= 15 is 0 Å². The fraction of sp³-hybridized carbons (Fsp3) is 0.462. The molecular weight excluding hydrogens is 240 g/mol. The molecule has 0 amide bonds. The van der Waals surface area contributed by atoms with E-state index in [1.165, 1.54) is 0 Å². The normalized spacial score (nSPS) is 15.2. The first-order chi connectivity index (χ1) is 9.40. The largest absolute Gasteiger partial charge is 0.334 e. The molecule has 100 valence electrons. The third-order valence-electron chi connectivity index (χ3n) is 3.38. The minimum atomic E-state index is 0.494. The molecule has 0 aliphatic carbocycles. The Bertz CT molecular complexity index is 519. The van der Waals surface area contributed by atoms with Crippen molar-refractivity contribution in [3.05, 3.63) is 30.3 Å². The van der Waals surface area contributed by atoms with E-state index in [9.17, 15) is 0 Å². The van der Waals surface area contributed by atoms with E-state index in [4.69, 9.17) is 0 Å². The molecule has 0 radical (unpaired) electrons. The van der Waals surface area contributed by atoms with Crippen molar-refractivity contribution < 1.29 is 0 Å². The van der Waals surface area contributed by atoms with Crippen molar-refractivity contribution in [1.29, 1.82) is 0 Å². The fourth-order valence-corrected chi connectivity index (χ4v) is 2.28. The predicted molar refractivity (Wildman–Crippen MR) is 73.4 cm³/mol. The van der Waals surface area contributed by atoms with Gasteiger partial charge in [0.1, 0.15) is 0 Å². The average molecular weight is 258 g/mol. The van der Waals surface area contributed by atoms with E-state index in [1.807, 2.05) is 35.0 Å². The summed E-state index contributed by atoms with van der Waals surface area (Å²) in [5, 5.41) is 15.5. The highest BCUT2D eigenvalue weighted by atomic mass is 15.6. The molecule has 6 heteroatoms. The molecule has 0 atom stereocenters. The second kappa shape index (κ2) is 5.36. The van der Waals surface area contributed by atoms with Crippen molar-refractivity contribution in [3.63, 3.8) is 0 Å². The van der Waals surface area contributed by atoms with Gasteiger partial charge < -0.3 is 10.2 Å². The van der Waals surface area contributed by atoms with Crippen molar-refractivity contribution in [3.8, 4) is 5.69 Å². The van der Waals surface area contributed by atoms with Crippen LogP contribution in [0.4, 0.5) is 5.95 Å². The Balaban J connectivity index is 1.93. The van der Waals surface area contributed by atoms with Gasteiger partial charge in [0.15, 0.2) is 0 Å². The third kappa shape index (κ3) is 2.31. The molecule has 0 saturated carbocycles. The Morgan fingerprint density at radius 3 is 2.74 bits per heavy atom. The lowest BCUT2D eigenvalue weighted by atomic mass is 10.1. The number of aromatic nitrogens is 4. The average Bonchev–Trinajstić information content (AvgIpc) is 2.86. The molecule has 1 saturated heterocycles. The summed E-state index contributed by atoms with van der Waals surface area (Å²) in [7, 11) is 0. The lowest BCUT2D eigenvalue weighted by molar-refractivity contribution is 0.406. The van der Waals surface area contributed by atoms with E-state index in [1.54, 1.807) is 0 Å². The van der Waals surface area contributed by atoms with Crippen LogP contribution in [0.5, 0.6) is 0 Å². The van der Waals surface area contributed by atoms with Gasteiger partial charge in [0.25, 0.3) is 5.95 Å². The van der Waals surface area contributed by atoms with E-state index in [2.05, 4.69) is 32.7 Å². The highest BCUT2D eigenvalue weighted by molar-refractivity contribution is 5.42. The summed E-state index contributed by atoms with van der Waals surface area (Å²) in [6.45, 7) is 5.15. The third-order valence-corrected chi connectivity index (χ3v) is 3.38. The second-order valence-electron chi connectivity index (χ2n) is 4.73. The summed E-state index contributed by atoms with van der Waals surface area (Å²) in [4.78, 5) is 2.30. The maximum Gasteiger partial charge on any atom is 0.250 e. The van der Waals surface area contributed by atoms with E-state index in [0.29, 0.717) is 6.04 Å². The smallest absolute Gasteiger partial charge is 0.250 e. The monoisotopic (exact) mass is 258 g/mol. The molecule has 1 aliphatic rings. The van der Waals surface area contributed by atoms with Crippen molar-refractivity contribution >= 4 is 5.95 Å². The molecule has 0 unspecified atom stereocenters. The predicted octanol–water partition coefficient (Wildman–Crippen LogP) is 0.850. The molecular formula is C13H18N6. The second-order valence-corrected chi connectivity index (χ2v) is 4.73. The molecule has 1 N–H and O–H groups in total. The van der Waals surface area contributed by atoms with E-state index in [-0.39, 0.29) is 0 Å². The SMILES string of the molecule is CCCN(c1nnnn1-c1ccccc1)C1CNC1. The highest BCUT2D eigenvalue weighted by Gasteiger charge is 2.28. The summed E-state index contributed by atoms with van der Waals surface area (Å²) >= 11 is 0. The van der Waals surface area contributed by atoms with Gasteiger partial charge in [-0.05, 0) is 29.0 Å². The zero-order valence-electron chi connectivity index (χ0n) is 11.0. The van der Waals surface area contributed by atoms with Crippen molar-refractivity contribution in [2.24, 2.45) is 0 Å². The van der Waals surface area contributed by atoms with E-state index < -0.39 is 0 Å². The van der Waals surface area contributed by atoms with Gasteiger partial charge in [0.05, 0.1) is 11.7 Å². The summed E-state index contributed by atoms with van der Waals surface area (Å²) in [5.74, 6) is 0.833. The molecule has 19 heavy (non-hydrogen) atoms. The van der Waals surface area contributed by atoms with Crippen LogP contribution in [0, 0.1) is 0 Å².